The summed E-state index contributed by atoms with van der Waals surface area (Å²) in [5.41, 5.74) is 6.05. The maximum absolute atomic E-state index is 12.9. The zero-order valence-electron chi connectivity index (χ0n) is 7.85. The zero-order chi connectivity index (χ0) is 9.52. The number of anilines is 1. The molecule has 0 saturated carbocycles. The van der Waals surface area contributed by atoms with Gasteiger partial charge in [-0.1, -0.05) is 0 Å². The maximum Gasteiger partial charge on any atom is 0.255 e. The van der Waals surface area contributed by atoms with Gasteiger partial charge in [0, 0.05) is 0 Å². The Morgan fingerprint density at radius 2 is 1.92 bits per heavy atom. The van der Waals surface area contributed by atoms with E-state index in [1.54, 1.807) is 11.6 Å². The van der Waals surface area contributed by atoms with Gasteiger partial charge in [0.25, 0.3) is 5.95 Å². The van der Waals surface area contributed by atoms with Crippen LogP contribution >= 0.6 is 0 Å². The highest BCUT2D eigenvalue weighted by Gasteiger charge is 2.20. The molecule has 4 heteroatoms. The van der Waals surface area contributed by atoms with Crippen LogP contribution in [-0.4, -0.2) is 9.78 Å². The number of nitrogens with two attached hydrogens (primary N) is 1. The van der Waals surface area contributed by atoms with Crippen LogP contribution in [0.1, 0.15) is 26.5 Å². The summed E-state index contributed by atoms with van der Waals surface area (Å²) in [6.45, 7) is 7.61. The minimum atomic E-state index is -0.581. The van der Waals surface area contributed by atoms with Crippen molar-refractivity contribution in [2.24, 2.45) is 0 Å². The van der Waals surface area contributed by atoms with Crippen molar-refractivity contribution in [3.05, 3.63) is 11.6 Å². The molecule has 0 spiro atoms. The van der Waals surface area contributed by atoms with Crippen LogP contribution in [0.2, 0.25) is 0 Å². The van der Waals surface area contributed by atoms with Crippen LogP contribution in [0, 0.1) is 12.9 Å². The molecular formula is C8H14FN3. The third kappa shape index (κ3) is 1.29. The van der Waals surface area contributed by atoms with Crippen LogP contribution in [0.15, 0.2) is 0 Å². The molecule has 0 saturated heterocycles. The standard InChI is InChI=1S/C8H14FN3/c1-5-6(10)7(9)11-12(5)8(2,3)4/h10H2,1-4H3. The van der Waals surface area contributed by atoms with E-state index in [1.165, 1.54) is 0 Å². The minimum absolute atomic E-state index is 0.143. The summed E-state index contributed by atoms with van der Waals surface area (Å²) in [5, 5.41) is 3.71. The van der Waals surface area contributed by atoms with Crippen molar-refractivity contribution in [2.75, 3.05) is 5.73 Å². The highest BCUT2D eigenvalue weighted by atomic mass is 19.1. The monoisotopic (exact) mass is 171 g/mol. The fourth-order valence-electron chi connectivity index (χ4n) is 1.13. The smallest absolute Gasteiger partial charge is 0.255 e. The molecule has 1 aromatic rings. The van der Waals surface area contributed by atoms with Crippen LogP contribution in [-0.2, 0) is 5.54 Å². The van der Waals surface area contributed by atoms with Crippen molar-refractivity contribution in [2.45, 2.75) is 33.2 Å². The van der Waals surface area contributed by atoms with Gasteiger partial charge in [0.05, 0.1) is 11.2 Å². The van der Waals surface area contributed by atoms with E-state index in [2.05, 4.69) is 5.10 Å². The predicted octanol–water partition coefficient (Wildman–Crippen LogP) is 1.67. The van der Waals surface area contributed by atoms with Crippen molar-refractivity contribution in [3.8, 4) is 0 Å². The SMILES string of the molecule is Cc1c(N)c(F)nn1C(C)(C)C. The Labute approximate surface area is 71.4 Å². The van der Waals surface area contributed by atoms with Crippen molar-refractivity contribution < 1.29 is 4.39 Å². The quantitative estimate of drug-likeness (QED) is 0.645. The highest BCUT2D eigenvalue weighted by molar-refractivity contribution is 5.41. The van der Waals surface area contributed by atoms with E-state index < -0.39 is 5.95 Å². The fourth-order valence-corrected chi connectivity index (χ4v) is 1.13. The van der Waals surface area contributed by atoms with Crippen molar-refractivity contribution in [1.82, 2.24) is 9.78 Å². The third-order valence-electron chi connectivity index (χ3n) is 1.75. The number of nitrogens with zero attached hydrogens (tertiary/aromatic N) is 2. The first-order valence-electron chi connectivity index (χ1n) is 3.85. The number of hydrogen-bond donors (Lipinski definition) is 1. The average Bonchev–Trinajstić information content (AvgIpc) is 2.15. The average molecular weight is 171 g/mol. The van der Waals surface area contributed by atoms with E-state index in [0.717, 1.165) is 0 Å². The summed E-state index contributed by atoms with van der Waals surface area (Å²) < 4.78 is 14.5. The molecule has 0 aliphatic rings. The second-order valence-electron chi connectivity index (χ2n) is 3.87. The van der Waals surface area contributed by atoms with Gasteiger partial charge in [-0.15, -0.1) is 5.10 Å². The lowest BCUT2D eigenvalue weighted by molar-refractivity contribution is 0.335. The molecule has 1 rings (SSSR count). The van der Waals surface area contributed by atoms with E-state index in [1.807, 2.05) is 20.8 Å². The Kier molecular flexibility index (Phi) is 1.86. The van der Waals surface area contributed by atoms with E-state index in [0.29, 0.717) is 5.69 Å². The van der Waals surface area contributed by atoms with Gasteiger partial charge in [0.15, 0.2) is 0 Å². The Morgan fingerprint density at radius 1 is 1.42 bits per heavy atom. The topological polar surface area (TPSA) is 43.8 Å². The molecule has 0 fully saturated rings. The molecule has 0 aliphatic heterocycles. The van der Waals surface area contributed by atoms with E-state index in [9.17, 15) is 4.39 Å². The normalized spacial score (nSPS) is 12.1. The molecule has 12 heavy (non-hydrogen) atoms. The van der Waals surface area contributed by atoms with E-state index in [-0.39, 0.29) is 11.2 Å². The Morgan fingerprint density at radius 3 is 2.08 bits per heavy atom. The third-order valence-corrected chi connectivity index (χ3v) is 1.75. The molecular weight excluding hydrogens is 157 g/mol. The van der Waals surface area contributed by atoms with E-state index in [4.69, 9.17) is 5.73 Å². The molecule has 0 aromatic carbocycles. The zero-order valence-corrected chi connectivity index (χ0v) is 7.85. The maximum atomic E-state index is 12.9. The van der Waals surface area contributed by atoms with Crippen molar-refractivity contribution >= 4 is 5.69 Å². The second-order valence-corrected chi connectivity index (χ2v) is 3.87. The van der Waals surface area contributed by atoms with Gasteiger partial charge in [-0.3, -0.25) is 4.68 Å². The predicted molar refractivity (Wildman–Crippen MR) is 46.3 cm³/mol. The first kappa shape index (κ1) is 9.03. The summed E-state index contributed by atoms with van der Waals surface area (Å²) >= 11 is 0. The van der Waals surface area contributed by atoms with Gasteiger partial charge < -0.3 is 5.73 Å². The molecule has 0 radical (unpaired) electrons. The number of hydrogen-bond acceptors (Lipinski definition) is 2. The first-order chi connectivity index (χ1) is 5.34. The molecule has 1 aromatic heterocycles. The van der Waals surface area contributed by atoms with Gasteiger partial charge in [0.1, 0.15) is 5.69 Å². The first-order valence-corrected chi connectivity index (χ1v) is 3.85. The summed E-state index contributed by atoms with van der Waals surface area (Å²) in [4.78, 5) is 0. The number of aromatic nitrogens is 2. The van der Waals surface area contributed by atoms with Gasteiger partial charge in [-0.2, -0.15) is 4.39 Å². The molecule has 0 amide bonds. The molecule has 0 aliphatic carbocycles. The summed E-state index contributed by atoms with van der Waals surface area (Å²) in [6.07, 6.45) is 0. The van der Waals surface area contributed by atoms with Crippen molar-refractivity contribution in [3.63, 3.8) is 0 Å². The second kappa shape index (κ2) is 2.47. The lowest BCUT2D eigenvalue weighted by atomic mass is 10.1. The van der Waals surface area contributed by atoms with Gasteiger partial charge in [-0.25, -0.2) is 0 Å². The molecule has 1 heterocycles. The number of nitrogen functional groups attached to an aromatic ring is 1. The highest BCUT2D eigenvalue weighted by Crippen LogP contribution is 2.21. The Bertz CT molecular complexity index is 296. The minimum Gasteiger partial charge on any atom is -0.394 e. The summed E-state index contributed by atoms with van der Waals surface area (Å²) in [5.74, 6) is -0.581. The number of rotatable bonds is 0. The van der Waals surface area contributed by atoms with Gasteiger partial charge in [-0.05, 0) is 27.7 Å². The van der Waals surface area contributed by atoms with Crippen LogP contribution in [0.3, 0.4) is 0 Å². The number of halogens is 1. The molecule has 0 bridgehead atoms. The summed E-state index contributed by atoms with van der Waals surface area (Å²) in [7, 11) is 0. The van der Waals surface area contributed by atoms with Crippen molar-refractivity contribution in [1.29, 1.82) is 0 Å². The molecule has 2 N–H and O–H groups in total. The van der Waals surface area contributed by atoms with E-state index >= 15 is 0 Å². The van der Waals surface area contributed by atoms with Gasteiger partial charge >= 0.3 is 0 Å². The van der Waals surface area contributed by atoms with Crippen LogP contribution < -0.4 is 5.73 Å². The Balaban J connectivity index is 3.28. The lowest BCUT2D eigenvalue weighted by Gasteiger charge is -2.20. The largest absolute Gasteiger partial charge is 0.394 e. The molecule has 68 valence electrons. The van der Waals surface area contributed by atoms with Gasteiger partial charge in [0.2, 0.25) is 0 Å². The lowest BCUT2D eigenvalue weighted by Crippen LogP contribution is -2.24. The molecule has 0 unspecified atom stereocenters. The van der Waals surface area contributed by atoms with Crippen LogP contribution in [0.25, 0.3) is 0 Å². The molecule has 0 atom stereocenters. The fraction of sp³-hybridized carbons (Fsp3) is 0.625. The summed E-state index contributed by atoms with van der Waals surface area (Å²) in [6, 6.07) is 0. The Hall–Kier alpha value is -1.06. The molecule has 3 nitrogen and oxygen atoms in total. The van der Waals surface area contributed by atoms with Crippen LogP contribution in [0.4, 0.5) is 10.1 Å². The van der Waals surface area contributed by atoms with Crippen LogP contribution in [0.5, 0.6) is 0 Å².